The fraction of sp³-hybridized carbons (Fsp3) is 1.00. The lowest BCUT2D eigenvalue weighted by molar-refractivity contribution is -0.368. The second kappa shape index (κ2) is 4.33. The van der Waals surface area contributed by atoms with Crippen LogP contribution in [0.4, 0.5) is 52.7 Å². The number of hydrogen-bond acceptors (Lipinski definition) is 0. The Labute approximate surface area is 96.9 Å². The second-order valence-electron chi connectivity index (χ2n) is 3.63. The quantitative estimate of drug-likeness (QED) is 0.675. The van der Waals surface area contributed by atoms with Crippen LogP contribution in [0.1, 0.15) is 6.92 Å². The van der Waals surface area contributed by atoms with Crippen LogP contribution in [0.3, 0.4) is 0 Å². The summed E-state index contributed by atoms with van der Waals surface area (Å²) in [6, 6.07) is 0. The molecule has 0 saturated heterocycles. The Morgan fingerprint density at radius 1 is 0.632 bits per heavy atom. The van der Waals surface area contributed by atoms with Crippen LogP contribution in [0, 0.1) is 0 Å². The SMILES string of the molecule is CC(F)(C(F)C(F)(F)C(F)(F)F)C(F)(F)C(F)(F)F. The van der Waals surface area contributed by atoms with E-state index in [4.69, 9.17) is 0 Å². The summed E-state index contributed by atoms with van der Waals surface area (Å²) in [5.41, 5.74) is -5.82. The van der Waals surface area contributed by atoms with E-state index in [-0.39, 0.29) is 0 Å². The summed E-state index contributed by atoms with van der Waals surface area (Å²) in [5.74, 6) is -13.5. The van der Waals surface area contributed by atoms with Gasteiger partial charge in [-0.05, 0) is 6.92 Å². The van der Waals surface area contributed by atoms with Crippen LogP contribution in [0.5, 0.6) is 0 Å². The third-order valence-electron chi connectivity index (χ3n) is 2.14. The van der Waals surface area contributed by atoms with Gasteiger partial charge >= 0.3 is 24.2 Å². The highest BCUT2D eigenvalue weighted by atomic mass is 19.4. The minimum Gasteiger partial charge on any atom is -0.237 e. The van der Waals surface area contributed by atoms with Crippen molar-refractivity contribution in [1.29, 1.82) is 0 Å². The average Bonchev–Trinajstić information content (AvgIpc) is 2.12. The Morgan fingerprint density at radius 2 is 0.947 bits per heavy atom. The molecule has 0 aromatic rings. The van der Waals surface area contributed by atoms with Crippen LogP contribution in [-0.4, -0.2) is 36.0 Å². The summed E-state index contributed by atoms with van der Waals surface area (Å²) < 4.78 is 145. The van der Waals surface area contributed by atoms with Crippen molar-refractivity contribution >= 4 is 0 Å². The van der Waals surface area contributed by atoms with Gasteiger partial charge in [-0.2, -0.15) is 43.9 Å². The van der Waals surface area contributed by atoms with Crippen molar-refractivity contribution in [2.45, 2.75) is 43.0 Å². The highest BCUT2D eigenvalue weighted by molar-refractivity contribution is 5.06. The molecule has 0 N–H and O–H groups in total. The van der Waals surface area contributed by atoms with Gasteiger partial charge in [0.15, 0.2) is 0 Å². The second-order valence-corrected chi connectivity index (χ2v) is 3.63. The van der Waals surface area contributed by atoms with E-state index in [9.17, 15) is 52.7 Å². The molecule has 0 spiro atoms. The molecule has 0 aromatic carbocycles. The van der Waals surface area contributed by atoms with Crippen LogP contribution < -0.4 is 0 Å². The first kappa shape index (κ1) is 18.2. The van der Waals surface area contributed by atoms with E-state index in [2.05, 4.69) is 0 Å². The van der Waals surface area contributed by atoms with E-state index in [1.807, 2.05) is 0 Å². The lowest BCUT2D eigenvalue weighted by atomic mass is 9.89. The van der Waals surface area contributed by atoms with Gasteiger partial charge < -0.3 is 0 Å². The smallest absolute Gasteiger partial charge is 0.237 e. The summed E-state index contributed by atoms with van der Waals surface area (Å²) >= 11 is 0. The molecule has 0 heterocycles. The largest absolute Gasteiger partial charge is 0.456 e. The molecule has 0 rings (SSSR count). The Kier molecular flexibility index (Phi) is 4.14. The number of hydrogen-bond donors (Lipinski definition) is 0. The Morgan fingerprint density at radius 3 is 1.16 bits per heavy atom. The van der Waals surface area contributed by atoms with Gasteiger partial charge in [-0.25, -0.2) is 8.78 Å². The van der Waals surface area contributed by atoms with Crippen molar-refractivity contribution in [2.75, 3.05) is 0 Å². The van der Waals surface area contributed by atoms with Gasteiger partial charge in [0.05, 0.1) is 0 Å². The predicted octanol–water partition coefficient (Wildman–Crippen LogP) is 4.45. The number of alkyl halides is 12. The molecule has 19 heavy (non-hydrogen) atoms. The zero-order valence-electron chi connectivity index (χ0n) is 8.61. The summed E-state index contributed by atoms with van der Waals surface area (Å²) in [6.07, 6.45) is -19.1. The molecule has 0 bridgehead atoms. The Balaban J connectivity index is 5.70. The lowest BCUT2D eigenvalue weighted by Gasteiger charge is -2.37. The molecule has 2 unspecified atom stereocenters. The fourth-order valence-corrected chi connectivity index (χ4v) is 0.920. The van der Waals surface area contributed by atoms with Gasteiger partial charge in [0.2, 0.25) is 11.8 Å². The first-order valence-electron chi connectivity index (χ1n) is 4.12. The summed E-state index contributed by atoms with van der Waals surface area (Å²) in [6.45, 7) is -1.02. The molecule has 0 aromatic heterocycles. The maximum atomic E-state index is 13.0. The van der Waals surface area contributed by atoms with Gasteiger partial charge in [-0.15, -0.1) is 0 Å². The van der Waals surface area contributed by atoms with E-state index in [0.717, 1.165) is 0 Å². The average molecular weight is 316 g/mol. The van der Waals surface area contributed by atoms with Crippen molar-refractivity contribution in [2.24, 2.45) is 0 Å². The molecular formula is C7H4F12. The summed E-state index contributed by atoms with van der Waals surface area (Å²) in [7, 11) is 0. The third kappa shape index (κ3) is 2.71. The highest BCUT2D eigenvalue weighted by Gasteiger charge is 2.79. The minimum absolute atomic E-state index is 1.02. The van der Waals surface area contributed by atoms with E-state index in [1.54, 1.807) is 0 Å². The number of rotatable bonds is 3. The molecule has 0 nitrogen and oxygen atoms in total. The van der Waals surface area contributed by atoms with Crippen LogP contribution in [0.15, 0.2) is 0 Å². The molecule has 0 amide bonds. The van der Waals surface area contributed by atoms with Gasteiger partial charge in [-0.1, -0.05) is 0 Å². The molecule has 0 aliphatic carbocycles. The zero-order chi connectivity index (χ0) is 16.1. The van der Waals surface area contributed by atoms with E-state index in [0.29, 0.717) is 0 Å². The highest BCUT2D eigenvalue weighted by Crippen LogP contribution is 2.53. The molecule has 0 saturated carbocycles. The molecule has 0 radical (unpaired) electrons. The standard InChI is InChI=1S/C7H4F12/c1-3(9,5(12,13)7(17,18)19)2(8)4(10,11)6(14,15)16/h2H,1H3. The van der Waals surface area contributed by atoms with Crippen molar-refractivity contribution < 1.29 is 52.7 Å². The Hall–Kier alpha value is -0.840. The first-order chi connectivity index (χ1) is 7.90. The van der Waals surface area contributed by atoms with Crippen molar-refractivity contribution in [3.05, 3.63) is 0 Å². The summed E-state index contributed by atoms with van der Waals surface area (Å²) in [4.78, 5) is 0. The molecular weight excluding hydrogens is 312 g/mol. The van der Waals surface area contributed by atoms with E-state index in [1.165, 1.54) is 0 Å². The van der Waals surface area contributed by atoms with E-state index >= 15 is 0 Å². The maximum Gasteiger partial charge on any atom is 0.456 e. The molecule has 0 aliphatic rings. The monoisotopic (exact) mass is 316 g/mol. The van der Waals surface area contributed by atoms with Crippen LogP contribution >= 0.6 is 0 Å². The lowest BCUT2D eigenvalue weighted by Crippen LogP contribution is -2.64. The van der Waals surface area contributed by atoms with Gasteiger partial charge in [0.1, 0.15) is 0 Å². The molecule has 2 atom stereocenters. The van der Waals surface area contributed by atoms with Crippen LogP contribution in [-0.2, 0) is 0 Å². The third-order valence-corrected chi connectivity index (χ3v) is 2.14. The first-order valence-corrected chi connectivity index (χ1v) is 4.12. The van der Waals surface area contributed by atoms with Crippen LogP contribution in [0.25, 0.3) is 0 Å². The van der Waals surface area contributed by atoms with Gasteiger partial charge in [0.25, 0.3) is 0 Å². The van der Waals surface area contributed by atoms with Gasteiger partial charge in [-0.3, -0.25) is 0 Å². The number of halogens is 12. The molecule has 0 aliphatic heterocycles. The zero-order valence-corrected chi connectivity index (χ0v) is 8.61. The molecule has 116 valence electrons. The molecule has 12 heteroatoms. The minimum atomic E-state index is -6.84. The van der Waals surface area contributed by atoms with Crippen molar-refractivity contribution in [1.82, 2.24) is 0 Å². The topological polar surface area (TPSA) is 0 Å². The molecule has 0 fully saturated rings. The Bertz CT molecular complexity index is 320. The van der Waals surface area contributed by atoms with E-state index < -0.39 is 43.0 Å². The van der Waals surface area contributed by atoms with Gasteiger partial charge in [0, 0.05) is 0 Å². The van der Waals surface area contributed by atoms with Crippen molar-refractivity contribution in [3.8, 4) is 0 Å². The fourth-order valence-electron chi connectivity index (χ4n) is 0.920. The van der Waals surface area contributed by atoms with Crippen molar-refractivity contribution in [3.63, 3.8) is 0 Å². The predicted molar refractivity (Wildman–Crippen MR) is 36.4 cm³/mol. The maximum absolute atomic E-state index is 13.0. The summed E-state index contributed by atoms with van der Waals surface area (Å²) in [5, 5.41) is 0. The normalized spacial score (nSPS) is 20.1. The van der Waals surface area contributed by atoms with Crippen LogP contribution in [0.2, 0.25) is 0 Å².